The number of nitrogens with zero attached hydrogens (tertiary/aromatic N) is 2. The second kappa shape index (κ2) is 9.53. The molecule has 1 aromatic rings. The van der Waals surface area contributed by atoms with E-state index in [-0.39, 0.29) is 0 Å². The van der Waals surface area contributed by atoms with Crippen LogP contribution < -0.4 is 10.6 Å². The van der Waals surface area contributed by atoms with Crippen LogP contribution in [0.25, 0.3) is 0 Å². The van der Waals surface area contributed by atoms with E-state index in [1.54, 1.807) is 7.11 Å². The van der Waals surface area contributed by atoms with Gasteiger partial charge in [-0.05, 0) is 12.3 Å². The van der Waals surface area contributed by atoms with Crippen LogP contribution in [0.3, 0.4) is 0 Å². The highest BCUT2D eigenvalue weighted by molar-refractivity contribution is 5.47. The molecule has 0 fully saturated rings. The van der Waals surface area contributed by atoms with Crippen LogP contribution in [0.2, 0.25) is 0 Å². The standard InChI is InChI=1S/C15H28N4O/c1-5-7-8-12(6-2)10-17-14-9-13(16-3)18-15(19-14)11-20-4/h9,12H,5-8,10-11H2,1-4H3,(H2,16,17,18,19). The monoisotopic (exact) mass is 280 g/mol. The first-order chi connectivity index (χ1) is 9.73. The van der Waals surface area contributed by atoms with Crippen molar-refractivity contribution in [2.45, 2.75) is 46.1 Å². The minimum absolute atomic E-state index is 0.428. The summed E-state index contributed by atoms with van der Waals surface area (Å²) in [6.45, 7) is 5.87. The third-order valence-electron chi connectivity index (χ3n) is 3.42. The van der Waals surface area contributed by atoms with E-state index in [0.717, 1.165) is 18.2 Å². The third kappa shape index (κ3) is 5.74. The molecule has 2 N–H and O–H groups in total. The molecule has 0 bridgehead atoms. The zero-order chi connectivity index (χ0) is 14.8. The quantitative estimate of drug-likeness (QED) is 0.688. The van der Waals surface area contributed by atoms with E-state index in [2.05, 4.69) is 34.4 Å². The summed E-state index contributed by atoms with van der Waals surface area (Å²) in [6, 6.07) is 1.94. The zero-order valence-electron chi connectivity index (χ0n) is 13.2. The molecule has 0 amide bonds. The molecule has 0 aliphatic rings. The van der Waals surface area contributed by atoms with Gasteiger partial charge in [-0.15, -0.1) is 0 Å². The summed E-state index contributed by atoms with van der Waals surface area (Å²) >= 11 is 0. The number of nitrogens with one attached hydrogen (secondary N) is 2. The van der Waals surface area contributed by atoms with Crippen LogP contribution in [-0.2, 0) is 11.3 Å². The summed E-state index contributed by atoms with van der Waals surface area (Å²) in [5, 5.41) is 6.49. The molecule has 0 saturated heterocycles. The number of methoxy groups -OCH3 is 1. The number of unbranched alkanes of at least 4 members (excludes halogenated alkanes) is 1. The minimum Gasteiger partial charge on any atom is -0.377 e. The van der Waals surface area contributed by atoms with Gasteiger partial charge in [0.2, 0.25) is 0 Å². The van der Waals surface area contributed by atoms with Crippen molar-refractivity contribution in [3.8, 4) is 0 Å². The summed E-state index contributed by atoms with van der Waals surface area (Å²) in [7, 11) is 3.51. The van der Waals surface area contributed by atoms with Crippen LogP contribution in [0.1, 0.15) is 45.4 Å². The van der Waals surface area contributed by atoms with Gasteiger partial charge in [0.1, 0.15) is 18.2 Å². The Kier molecular flexibility index (Phi) is 7.95. The van der Waals surface area contributed by atoms with Gasteiger partial charge in [0, 0.05) is 26.8 Å². The van der Waals surface area contributed by atoms with Gasteiger partial charge in [0.05, 0.1) is 0 Å². The third-order valence-corrected chi connectivity index (χ3v) is 3.42. The fourth-order valence-electron chi connectivity index (χ4n) is 2.10. The summed E-state index contributed by atoms with van der Waals surface area (Å²) in [4.78, 5) is 8.82. The van der Waals surface area contributed by atoms with E-state index in [0.29, 0.717) is 18.3 Å². The number of ether oxygens (including phenoxy) is 1. The molecule has 20 heavy (non-hydrogen) atoms. The SMILES string of the molecule is CCCCC(CC)CNc1cc(NC)nc(COC)n1. The second-order valence-corrected chi connectivity index (χ2v) is 5.04. The number of anilines is 2. The lowest BCUT2D eigenvalue weighted by Crippen LogP contribution is -2.15. The van der Waals surface area contributed by atoms with Gasteiger partial charge >= 0.3 is 0 Å². The molecular formula is C15H28N4O. The van der Waals surface area contributed by atoms with Gasteiger partial charge in [-0.3, -0.25) is 0 Å². The first-order valence-corrected chi connectivity index (χ1v) is 7.51. The van der Waals surface area contributed by atoms with Crippen LogP contribution >= 0.6 is 0 Å². The molecule has 0 saturated carbocycles. The fraction of sp³-hybridized carbons (Fsp3) is 0.733. The Bertz CT molecular complexity index is 384. The zero-order valence-corrected chi connectivity index (χ0v) is 13.2. The van der Waals surface area contributed by atoms with Gasteiger partial charge in [-0.25, -0.2) is 9.97 Å². The average molecular weight is 280 g/mol. The van der Waals surface area contributed by atoms with Gasteiger partial charge in [0.25, 0.3) is 0 Å². The normalized spacial score (nSPS) is 12.2. The summed E-state index contributed by atoms with van der Waals surface area (Å²) in [5.41, 5.74) is 0. The molecule has 0 radical (unpaired) electrons. The van der Waals surface area contributed by atoms with Crippen molar-refractivity contribution < 1.29 is 4.74 Å². The lowest BCUT2D eigenvalue weighted by molar-refractivity contribution is 0.178. The van der Waals surface area contributed by atoms with Crippen molar-refractivity contribution in [3.05, 3.63) is 11.9 Å². The van der Waals surface area contributed by atoms with Gasteiger partial charge in [-0.1, -0.05) is 33.1 Å². The van der Waals surface area contributed by atoms with E-state index in [9.17, 15) is 0 Å². The molecule has 1 unspecified atom stereocenters. The molecule has 0 aliphatic carbocycles. The average Bonchev–Trinajstić information content (AvgIpc) is 2.47. The predicted octanol–water partition coefficient (Wildman–Crippen LogP) is 3.29. The smallest absolute Gasteiger partial charge is 0.158 e. The molecule has 5 nitrogen and oxygen atoms in total. The van der Waals surface area contributed by atoms with Gasteiger partial charge < -0.3 is 15.4 Å². The van der Waals surface area contributed by atoms with Crippen molar-refractivity contribution in [2.75, 3.05) is 31.3 Å². The highest BCUT2D eigenvalue weighted by atomic mass is 16.5. The Balaban J connectivity index is 2.63. The Morgan fingerprint density at radius 1 is 1.25 bits per heavy atom. The predicted molar refractivity (Wildman–Crippen MR) is 84.1 cm³/mol. The summed E-state index contributed by atoms with van der Waals surface area (Å²) in [5.74, 6) is 3.08. The molecule has 5 heteroatoms. The highest BCUT2D eigenvalue weighted by Gasteiger charge is 2.08. The number of hydrogen-bond donors (Lipinski definition) is 2. The number of rotatable bonds is 10. The first-order valence-electron chi connectivity index (χ1n) is 7.51. The van der Waals surface area contributed by atoms with Crippen molar-refractivity contribution >= 4 is 11.6 Å². The number of hydrogen-bond acceptors (Lipinski definition) is 5. The molecule has 1 rings (SSSR count). The van der Waals surface area contributed by atoms with E-state index >= 15 is 0 Å². The molecule has 1 aromatic heterocycles. The van der Waals surface area contributed by atoms with Crippen LogP contribution in [0.15, 0.2) is 6.07 Å². The van der Waals surface area contributed by atoms with Crippen molar-refractivity contribution in [3.63, 3.8) is 0 Å². The maximum absolute atomic E-state index is 5.10. The lowest BCUT2D eigenvalue weighted by Gasteiger charge is -2.16. The summed E-state index contributed by atoms with van der Waals surface area (Å²) < 4.78 is 5.10. The Morgan fingerprint density at radius 3 is 2.60 bits per heavy atom. The van der Waals surface area contributed by atoms with E-state index in [4.69, 9.17) is 4.74 Å². The molecule has 1 heterocycles. The largest absolute Gasteiger partial charge is 0.377 e. The highest BCUT2D eigenvalue weighted by Crippen LogP contribution is 2.16. The van der Waals surface area contributed by atoms with Gasteiger partial charge in [-0.2, -0.15) is 0 Å². The van der Waals surface area contributed by atoms with Crippen LogP contribution in [0.4, 0.5) is 11.6 Å². The fourth-order valence-corrected chi connectivity index (χ4v) is 2.10. The molecular weight excluding hydrogens is 252 g/mol. The Morgan fingerprint density at radius 2 is 2.00 bits per heavy atom. The maximum atomic E-state index is 5.10. The van der Waals surface area contributed by atoms with E-state index < -0.39 is 0 Å². The molecule has 0 aliphatic heterocycles. The first kappa shape index (κ1) is 16.7. The number of aromatic nitrogens is 2. The topological polar surface area (TPSA) is 59.1 Å². The molecule has 114 valence electrons. The van der Waals surface area contributed by atoms with E-state index in [1.165, 1.54) is 25.7 Å². The van der Waals surface area contributed by atoms with Crippen molar-refractivity contribution in [2.24, 2.45) is 5.92 Å². The maximum Gasteiger partial charge on any atom is 0.158 e. The molecule has 1 atom stereocenters. The van der Waals surface area contributed by atoms with Crippen LogP contribution in [0, 0.1) is 5.92 Å². The Labute approximate surface area is 122 Å². The van der Waals surface area contributed by atoms with Gasteiger partial charge in [0.15, 0.2) is 5.82 Å². The second-order valence-electron chi connectivity index (χ2n) is 5.04. The van der Waals surface area contributed by atoms with E-state index in [1.807, 2.05) is 13.1 Å². The molecule has 0 spiro atoms. The summed E-state index contributed by atoms with van der Waals surface area (Å²) in [6.07, 6.45) is 5.02. The van der Waals surface area contributed by atoms with Crippen LogP contribution in [0.5, 0.6) is 0 Å². The van der Waals surface area contributed by atoms with Crippen molar-refractivity contribution in [1.29, 1.82) is 0 Å². The van der Waals surface area contributed by atoms with Crippen molar-refractivity contribution in [1.82, 2.24) is 9.97 Å². The lowest BCUT2D eigenvalue weighted by atomic mass is 9.99. The Hall–Kier alpha value is -1.36. The minimum atomic E-state index is 0.428. The molecule has 0 aromatic carbocycles. The van der Waals surface area contributed by atoms with Crippen LogP contribution in [-0.4, -0.2) is 30.7 Å².